The van der Waals surface area contributed by atoms with Crippen molar-refractivity contribution in [3.8, 4) is 0 Å². The average molecular weight is 287 g/mol. The second-order valence-electron chi connectivity index (χ2n) is 4.28. The van der Waals surface area contributed by atoms with Gasteiger partial charge in [-0.3, -0.25) is 14.9 Å². The van der Waals surface area contributed by atoms with Gasteiger partial charge < -0.3 is 10.2 Å². The topological polar surface area (TPSA) is 88.4 Å². The summed E-state index contributed by atoms with van der Waals surface area (Å²) in [7, 11) is 3.76. The molecular formula is C11H15ClN4O3. The Labute approximate surface area is 115 Å². The molecule has 0 fully saturated rings. The zero-order valence-corrected chi connectivity index (χ0v) is 11.6. The smallest absolute Gasteiger partial charge is 0.319 e. The molecule has 0 saturated carbocycles. The molecule has 1 aromatic rings. The van der Waals surface area contributed by atoms with Crippen molar-refractivity contribution in [1.82, 2.24) is 15.2 Å². The second-order valence-corrected chi connectivity index (χ2v) is 4.64. The van der Waals surface area contributed by atoms with Crippen molar-refractivity contribution < 1.29 is 9.72 Å². The van der Waals surface area contributed by atoms with E-state index < -0.39 is 16.5 Å². The molecule has 0 spiro atoms. The number of rotatable bonds is 5. The van der Waals surface area contributed by atoms with E-state index in [0.29, 0.717) is 6.54 Å². The first-order valence-electron chi connectivity index (χ1n) is 5.58. The van der Waals surface area contributed by atoms with Crippen molar-refractivity contribution in [3.05, 3.63) is 33.1 Å². The van der Waals surface area contributed by atoms with Crippen molar-refractivity contribution in [2.24, 2.45) is 0 Å². The molecule has 0 aromatic carbocycles. The molecule has 0 aliphatic rings. The summed E-state index contributed by atoms with van der Waals surface area (Å²) in [5, 5.41) is 13.2. The van der Waals surface area contributed by atoms with Crippen molar-refractivity contribution in [2.75, 3.05) is 20.6 Å². The first-order valence-corrected chi connectivity index (χ1v) is 5.96. The fourth-order valence-electron chi connectivity index (χ4n) is 1.30. The van der Waals surface area contributed by atoms with E-state index >= 15 is 0 Å². The average Bonchev–Trinajstić information content (AvgIpc) is 2.34. The van der Waals surface area contributed by atoms with Crippen LogP contribution in [0.25, 0.3) is 0 Å². The van der Waals surface area contributed by atoms with Gasteiger partial charge in [-0.25, -0.2) is 4.98 Å². The highest BCUT2D eigenvalue weighted by Crippen LogP contribution is 2.25. The molecule has 0 aliphatic heterocycles. The van der Waals surface area contributed by atoms with E-state index in [2.05, 4.69) is 10.3 Å². The number of pyridine rings is 1. The Morgan fingerprint density at radius 2 is 2.26 bits per heavy atom. The second kappa shape index (κ2) is 6.44. The number of aromatic nitrogens is 1. The lowest BCUT2D eigenvalue weighted by molar-refractivity contribution is -0.385. The predicted octanol–water partition coefficient (Wildman–Crippen LogP) is 1.32. The summed E-state index contributed by atoms with van der Waals surface area (Å²) in [5.41, 5.74) is -0.560. The standard InChI is InChI=1S/C11H15ClN4O3/c1-7(15(2)3)6-14-11(17)8-4-5-13-10(12)9(8)16(18)19/h4-5,7H,6H2,1-3H3,(H,14,17). The Morgan fingerprint density at radius 1 is 1.63 bits per heavy atom. The SMILES string of the molecule is CC(CNC(=O)c1ccnc(Cl)c1[N+](=O)[O-])N(C)C. The van der Waals surface area contributed by atoms with Gasteiger partial charge in [0.2, 0.25) is 5.15 Å². The molecular weight excluding hydrogens is 272 g/mol. The molecule has 1 amide bonds. The highest BCUT2D eigenvalue weighted by Gasteiger charge is 2.24. The van der Waals surface area contributed by atoms with Crippen LogP contribution in [0.1, 0.15) is 17.3 Å². The van der Waals surface area contributed by atoms with Crippen molar-refractivity contribution in [2.45, 2.75) is 13.0 Å². The quantitative estimate of drug-likeness (QED) is 0.501. The molecule has 19 heavy (non-hydrogen) atoms. The summed E-state index contributed by atoms with van der Waals surface area (Å²) in [6.45, 7) is 2.30. The van der Waals surface area contributed by atoms with Gasteiger partial charge in [0.05, 0.1) is 4.92 Å². The third-order valence-corrected chi connectivity index (χ3v) is 3.02. The Hall–Kier alpha value is -1.73. The van der Waals surface area contributed by atoms with Crippen molar-refractivity contribution in [1.29, 1.82) is 0 Å². The van der Waals surface area contributed by atoms with Gasteiger partial charge in [-0.1, -0.05) is 11.6 Å². The van der Waals surface area contributed by atoms with Gasteiger partial charge in [-0.05, 0) is 27.1 Å². The number of hydrogen-bond donors (Lipinski definition) is 1. The van der Waals surface area contributed by atoms with E-state index in [9.17, 15) is 14.9 Å². The Bertz CT molecular complexity index is 493. The predicted molar refractivity (Wildman–Crippen MR) is 71.4 cm³/mol. The molecule has 1 aromatic heterocycles. The van der Waals surface area contributed by atoms with Crippen LogP contribution in [0.3, 0.4) is 0 Å². The Kier molecular flexibility index (Phi) is 5.20. The summed E-state index contributed by atoms with van der Waals surface area (Å²) in [6.07, 6.45) is 1.26. The zero-order chi connectivity index (χ0) is 14.6. The van der Waals surface area contributed by atoms with E-state index in [0.717, 1.165) is 0 Å². The maximum atomic E-state index is 11.9. The number of halogens is 1. The fourth-order valence-corrected chi connectivity index (χ4v) is 1.53. The lowest BCUT2D eigenvalue weighted by atomic mass is 10.2. The number of likely N-dealkylation sites (N-methyl/N-ethyl adjacent to an activating group) is 1. The number of amides is 1. The normalized spacial score (nSPS) is 12.3. The molecule has 1 rings (SSSR count). The highest BCUT2D eigenvalue weighted by atomic mass is 35.5. The van der Waals surface area contributed by atoms with Crippen LogP contribution >= 0.6 is 11.6 Å². The van der Waals surface area contributed by atoms with Crippen LogP contribution in [0.2, 0.25) is 5.15 Å². The minimum Gasteiger partial charge on any atom is -0.350 e. The van der Waals surface area contributed by atoms with Crippen molar-refractivity contribution >= 4 is 23.2 Å². The molecule has 104 valence electrons. The number of carbonyl (C=O) groups excluding carboxylic acids is 1. The van der Waals surface area contributed by atoms with Crippen LogP contribution in [0.5, 0.6) is 0 Å². The van der Waals surface area contributed by atoms with E-state index in [-0.39, 0.29) is 16.8 Å². The lowest BCUT2D eigenvalue weighted by Crippen LogP contribution is -2.38. The monoisotopic (exact) mass is 286 g/mol. The molecule has 8 heteroatoms. The van der Waals surface area contributed by atoms with Crippen LogP contribution in [0.4, 0.5) is 5.69 Å². The summed E-state index contributed by atoms with van der Waals surface area (Å²) in [5.74, 6) is -0.537. The first kappa shape index (κ1) is 15.3. The molecule has 1 atom stereocenters. The van der Waals surface area contributed by atoms with Gasteiger partial charge >= 0.3 is 5.69 Å². The van der Waals surface area contributed by atoms with Gasteiger partial charge in [-0.15, -0.1) is 0 Å². The summed E-state index contributed by atoms with van der Waals surface area (Å²) < 4.78 is 0. The van der Waals surface area contributed by atoms with Gasteiger partial charge in [0.25, 0.3) is 5.91 Å². The first-order chi connectivity index (χ1) is 8.84. The number of nitro groups is 1. The number of carbonyl (C=O) groups is 1. The largest absolute Gasteiger partial charge is 0.350 e. The molecule has 0 bridgehead atoms. The number of nitrogens with zero attached hydrogens (tertiary/aromatic N) is 3. The maximum Gasteiger partial charge on any atom is 0.319 e. The molecule has 1 unspecified atom stereocenters. The minimum absolute atomic E-state index is 0.0871. The molecule has 7 nitrogen and oxygen atoms in total. The molecule has 0 radical (unpaired) electrons. The Morgan fingerprint density at radius 3 is 2.79 bits per heavy atom. The molecule has 0 saturated heterocycles. The minimum atomic E-state index is -0.709. The fraction of sp³-hybridized carbons (Fsp3) is 0.455. The Balaban J connectivity index is 2.89. The van der Waals surface area contributed by atoms with Gasteiger partial charge in [0, 0.05) is 18.8 Å². The molecule has 1 N–H and O–H groups in total. The van der Waals surface area contributed by atoms with E-state index in [1.54, 1.807) is 0 Å². The zero-order valence-electron chi connectivity index (χ0n) is 10.9. The van der Waals surface area contributed by atoms with E-state index in [1.165, 1.54) is 12.3 Å². The number of hydrogen-bond acceptors (Lipinski definition) is 5. The molecule has 0 aliphatic carbocycles. The van der Waals surface area contributed by atoms with E-state index in [4.69, 9.17) is 11.6 Å². The van der Waals surface area contributed by atoms with Crippen molar-refractivity contribution in [3.63, 3.8) is 0 Å². The van der Waals surface area contributed by atoms with Gasteiger partial charge in [0.15, 0.2) is 0 Å². The van der Waals surface area contributed by atoms with E-state index in [1.807, 2.05) is 25.9 Å². The van der Waals surface area contributed by atoms with Crippen LogP contribution in [-0.4, -0.2) is 47.4 Å². The third-order valence-electron chi connectivity index (χ3n) is 2.75. The maximum absolute atomic E-state index is 11.9. The van der Waals surface area contributed by atoms with Crippen LogP contribution in [-0.2, 0) is 0 Å². The van der Waals surface area contributed by atoms with Crippen LogP contribution in [0, 0.1) is 10.1 Å². The molecule has 1 heterocycles. The lowest BCUT2D eigenvalue weighted by Gasteiger charge is -2.19. The van der Waals surface area contributed by atoms with Gasteiger partial charge in [0.1, 0.15) is 5.56 Å². The summed E-state index contributed by atoms with van der Waals surface area (Å²) in [6, 6.07) is 1.39. The van der Waals surface area contributed by atoms with Gasteiger partial charge in [-0.2, -0.15) is 0 Å². The summed E-state index contributed by atoms with van der Waals surface area (Å²) >= 11 is 5.64. The van der Waals surface area contributed by atoms with Crippen LogP contribution < -0.4 is 5.32 Å². The van der Waals surface area contributed by atoms with Crippen LogP contribution in [0.15, 0.2) is 12.3 Å². The summed E-state index contributed by atoms with van der Waals surface area (Å²) in [4.78, 5) is 27.6. The highest BCUT2D eigenvalue weighted by molar-refractivity contribution is 6.32. The third kappa shape index (κ3) is 3.87. The number of nitrogens with one attached hydrogen (secondary N) is 1.